The number of rotatable bonds is 9. The Labute approximate surface area is 177 Å². The van der Waals surface area contributed by atoms with E-state index in [9.17, 15) is 4.79 Å². The number of amides is 1. The number of nitrogens with zero attached hydrogens (tertiary/aromatic N) is 3. The second-order valence-electron chi connectivity index (χ2n) is 7.72. The smallest absolute Gasteiger partial charge is 0.262 e. The second kappa shape index (κ2) is 9.34. The lowest BCUT2D eigenvalue weighted by Gasteiger charge is -2.17. The van der Waals surface area contributed by atoms with Gasteiger partial charge in [0, 0.05) is 30.1 Å². The first kappa shape index (κ1) is 20.5. The Morgan fingerprint density at radius 2 is 2.10 bits per heavy atom. The summed E-state index contributed by atoms with van der Waals surface area (Å²) in [5.41, 5.74) is 2.88. The highest BCUT2D eigenvalue weighted by Crippen LogP contribution is 2.33. The Balaban J connectivity index is 1.31. The minimum Gasteiger partial charge on any atom is -0.484 e. The molecular formula is C23H30N4O3. The van der Waals surface area contributed by atoms with Crippen LogP contribution in [-0.4, -0.2) is 46.8 Å². The number of aryl methyl sites for hydroxylation is 2. The number of benzene rings is 1. The van der Waals surface area contributed by atoms with E-state index in [-0.39, 0.29) is 12.5 Å². The third kappa shape index (κ3) is 4.67. The van der Waals surface area contributed by atoms with Crippen LogP contribution in [0.4, 0.5) is 5.69 Å². The number of aromatic nitrogens is 2. The molecule has 0 unspecified atom stereocenters. The third-order valence-electron chi connectivity index (χ3n) is 5.75. The minimum atomic E-state index is -0.201. The molecule has 0 atom stereocenters. The van der Waals surface area contributed by atoms with Crippen LogP contribution in [0.3, 0.4) is 0 Å². The summed E-state index contributed by atoms with van der Waals surface area (Å²) < 4.78 is 13.5. The van der Waals surface area contributed by atoms with Gasteiger partial charge in [0.15, 0.2) is 6.61 Å². The van der Waals surface area contributed by atoms with Crippen molar-refractivity contribution in [3.8, 4) is 5.75 Å². The van der Waals surface area contributed by atoms with Crippen LogP contribution in [0.15, 0.2) is 35.0 Å². The molecule has 0 saturated carbocycles. The van der Waals surface area contributed by atoms with Gasteiger partial charge in [0.25, 0.3) is 5.91 Å². The maximum atomic E-state index is 12.3. The van der Waals surface area contributed by atoms with E-state index in [4.69, 9.17) is 9.15 Å². The zero-order chi connectivity index (χ0) is 20.9. The van der Waals surface area contributed by atoms with Crippen molar-refractivity contribution in [3.63, 3.8) is 0 Å². The summed E-state index contributed by atoms with van der Waals surface area (Å²) in [5.74, 6) is 1.58. The predicted molar refractivity (Wildman–Crippen MR) is 117 cm³/mol. The summed E-state index contributed by atoms with van der Waals surface area (Å²) >= 11 is 0. The topological polar surface area (TPSA) is 72.5 Å². The minimum absolute atomic E-state index is 0.0455. The summed E-state index contributed by atoms with van der Waals surface area (Å²) in [6, 6.07) is 5.78. The Morgan fingerprint density at radius 3 is 2.93 bits per heavy atom. The summed E-state index contributed by atoms with van der Waals surface area (Å²) in [6.45, 7) is 8.03. The van der Waals surface area contributed by atoms with Gasteiger partial charge < -0.3 is 19.4 Å². The maximum absolute atomic E-state index is 12.3. The van der Waals surface area contributed by atoms with Crippen LogP contribution in [0, 0.1) is 0 Å². The Morgan fingerprint density at radius 1 is 1.27 bits per heavy atom. The molecule has 1 N–H and O–H groups in total. The van der Waals surface area contributed by atoms with E-state index >= 15 is 0 Å². The second-order valence-corrected chi connectivity index (χ2v) is 7.72. The van der Waals surface area contributed by atoms with Crippen LogP contribution >= 0.6 is 0 Å². The Kier molecular flexibility index (Phi) is 6.38. The zero-order valence-corrected chi connectivity index (χ0v) is 17.8. The van der Waals surface area contributed by atoms with Crippen LogP contribution in [-0.2, 0) is 24.2 Å². The van der Waals surface area contributed by atoms with Gasteiger partial charge >= 0.3 is 0 Å². The third-order valence-corrected chi connectivity index (χ3v) is 5.75. The van der Waals surface area contributed by atoms with Gasteiger partial charge in [-0.15, -0.1) is 0 Å². The van der Waals surface area contributed by atoms with Gasteiger partial charge in [0.1, 0.15) is 17.1 Å². The fraction of sp³-hybridized carbons (Fsp3) is 0.478. The molecule has 7 heteroatoms. The van der Waals surface area contributed by atoms with Crippen molar-refractivity contribution in [1.82, 2.24) is 14.7 Å². The number of furan rings is 1. The van der Waals surface area contributed by atoms with Gasteiger partial charge in [-0.25, -0.2) is 0 Å². The van der Waals surface area contributed by atoms with Crippen LogP contribution < -0.4 is 10.1 Å². The SMILES string of the molecule is CCN(CC)CCn1cc(NC(=O)COc2ccc3oc4c(c3c2)CCCC4)cn1. The van der Waals surface area contributed by atoms with Crippen LogP contribution in [0.1, 0.15) is 38.0 Å². The fourth-order valence-electron chi connectivity index (χ4n) is 4.01. The lowest BCUT2D eigenvalue weighted by molar-refractivity contribution is -0.118. The fourth-order valence-corrected chi connectivity index (χ4v) is 4.01. The molecule has 0 fully saturated rings. The van der Waals surface area contributed by atoms with Crippen molar-refractivity contribution >= 4 is 22.6 Å². The van der Waals surface area contributed by atoms with Gasteiger partial charge in [-0.2, -0.15) is 5.10 Å². The molecule has 0 aliphatic heterocycles. The highest BCUT2D eigenvalue weighted by Gasteiger charge is 2.18. The molecule has 3 aromatic rings. The van der Waals surface area contributed by atoms with E-state index in [0.717, 1.165) is 55.8 Å². The Hall–Kier alpha value is -2.80. The number of carbonyl (C=O) groups is 1. The van der Waals surface area contributed by atoms with Crippen LogP contribution in [0.2, 0.25) is 0 Å². The number of fused-ring (bicyclic) bond motifs is 3. The first-order chi connectivity index (χ1) is 14.7. The maximum Gasteiger partial charge on any atom is 0.262 e. The van der Waals surface area contributed by atoms with Gasteiger partial charge in [-0.3, -0.25) is 9.48 Å². The zero-order valence-electron chi connectivity index (χ0n) is 17.8. The Bertz CT molecular complexity index is 1000. The summed E-state index contributed by atoms with van der Waals surface area (Å²) in [7, 11) is 0. The molecule has 0 bridgehead atoms. The molecule has 4 rings (SSSR count). The number of nitrogens with one attached hydrogen (secondary N) is 1. The number of ether oxygens (including phenoxy) is 1. The van der Waals surface area contributed by atoms with Crippen LogP contribution in [0.25, 0.3) is 11.0 Å². The van der Waals surface area contributed by atoms with Gasteiger partial charge in [-0.1, -0.05) is 13.8 Å². The highest BCUT2D eigenvalue weighted by molar-refractivity contribution is 5.91. The molecule has 1 amide bonds. The lowest BCUT2D eigenvalue weighted by atomic mass is 9.96. The molecule has 0 spiro atoms. The van der Waals surface area contributed by atoms with Gasteiger partial charge in [0.2, 0.25) is 0 Å². The molecule has 0 saturated heterocycles. The standard InChI is InChI=1S/C23H30N4O3/c1-3-26(4-2)11-12-27-15-17(14-24-27)25-23(28)16-29-18-9-10-22-20(13-18)19-7-5-6-8-21(19)30-22/h9-10,13-15H,3-8,11-12,16H2,1-2H3,(H,25,28). The quantitative estimate of drug-likeness (QED) is 0.580. The van der Waals surface area contributed by atoms with E-state index in [2.05, 4.69) is 29.2 Å². The molecule has 1 aliphatic rings. The van der Waals surface area contributed by atoms with Crippen molar-refractivity contribution in [1.29, 1.82) is 0 Å². The largest absolute Gasteiger partial charge is 0.484 e. The molecule has 7 nitrogen and oxygen atoms in total. The lowest BCUT2D eigenvalue weighted by Crippen LogP contribution is -2.27. The van der Waals surface area contributed by atoms with E-state index in [1.54, 1.807) is 6.20 Å². The average molecular weight is 411 g/mol. The average Bonchev–Trinajstić information content (AvgIpc) is 3.37. The van der Waals surface area contributed by atoms with E-state index in [0.29, 0.717) is 11.4 Å². The molecule has 1 aromatic carbocycles. The van der Waals surface area contributed by atoms with Crippen LogP contribution in [0.5, 0.6) is 5.75 Å². The molecule has 1 aliphatic carbocycles. The van der Waals surface area contributed by atoms with Crippen molar-refractivity contribution < 1.29 is 13.9 Å². The first-order valence-corrected chi connectivity index (χ1v) is 10.9. The van der Waals surface area contributed by atoms with Gasteiger partial charge in [0.05, 0.1) is 18.4 Å². The van der Waals surface area contributed by atoms with Gasteiger partial charge in [-0.05, 0) is 50.6 Å². The van der Waals surface area contributed by atoms with E-state index in [1.807, 2.05) is 29.1 Å². The molecular weight excluding hydrogens is 380 g/mol. The monoisotopic (exact) mass is 410 g/mol. The molecule has 30 heavy (non-hydrogen) atoms. The number of carbonyl (C=O) groups excluding carboxylic acids is 1. The molecule has 2 aromatic heterocycles. The van der Waals surface area contributed by atoms with Crippen molar-refractivity contribution in [2.45, 2.75) is 46.1 Å². The van der Waals surface area contributed by atoms with E-state index in [1.165, 1.54) is 18.4 Å². The summed E-state index contributed by atoms with van der Waals surface area (Å²) in [6.07, 6.45) is 7.95. The summed E-state index contributed by atoms with van der Waals surface area (Å²) in [4.78, 5) is 14.6. The number of likely N-dealkylation sites (N-methyl/N-ethyl adjacent to an activating group) is 1. The number of anilines is 1. The molecule has 160 valence electrons. The normalized spacial score (nSPS) is 13.6. The summed E-state index contributed by atoms with van der Waals surface area (Å²) in [5, 5.41) is 8.28. The first-order valence-electron chi connectivity index (χ1n) is 10.9. The number of hydrogen-bond donors (Lipinski definition) is 1. The van der Waals surface area contributed by atoms with Crippen molar-refractivity contribution in [2.75, 3.05) is 31.6 Å². The predicted octanol–water partition coefficient (Wildman–Crippen LogP) is 3.87. The number of hydrogen-bond acceptors (Lipinski definition) is 5. The van der Waals surface area contributed by atoms with E-state index < -0.39 is 0 Å². The molecule has 0 radical (unpaired) electrons. The van der Waals surface area contributed by atoms with Crippen molar-refractivity contribution in [3.05, 3.63) is 41.9 Å². The molecule has 2 heterocycles. The highest BCUT2D eigenvalue weighted by atomic mass is 16.5. The van der Waals surface area contributed by atoms with Crippen molar-refractivity contribution in [2.24, 2.45) is 0 Å².